The fraction of sp³-hybridized carbons (Fsp3) is 0.600. The van der Waals surface area contributed by atoms with E-state index in [9.17, 15) is 4.79 Å². The minimum atomic E-state index is 0. The summed E-state index contributed by atoms with van der Waals surface area (Å²) in [7, 11) is 1.81. The van der Waals surface area contributed by atoms with Gasteiger partial charge in [0, 0.05) is 50.7 Å². The maximum absolute atomic E-state index is 12.0. The number of nitrogens with zero attached hydrogens (tertiary/aromatic N) is 2. The van der Waals surface area contributed by atoms with Gasteiger partial charge < -0.3 is 20.9 Å². The number of guanidine groups is 1. The van der Waals surface area contributed by atoms with Gasteiger partial charge in [-0.3, -0.25) is 9.79 Å². The van der Waals surface area contributed by atoms with E-state index in [1.165, 1.54) is 37.9 Å². The van der Waals surface area contributed by atoms with Crippen LogP contribution in [0.15, 0.2) is 29.3 Å². The molecule has 0 bridgehead atoms. The fourth-order valence-corrected chi connectivity index (χ4v) is 4.17. The van der Waals surface area contributed by atoms with Crippen molar-refractivity contribution in [3.05, 3.63) is 29.8 Å². The zero-order valence-electron chi connectivity index (χ0n) is 15.9. The first kappa shape index (κ1) is 20.4. The summed E-state index contributed by atoms with van der Waals surface area (Å²) >= 11 is 0. The van der Waals surface area contributed by atoms with Crippen LogP contribution in [0.2, 0.25) is 0 Å². The lowest BCUT2D eigenvalue weighted by Crippen LogP contribution is -2.42. The maximum atomic E-state index is 12.0. The first-order valence-corrected chi connectivity index (χ1v) is 9.80. The number of rotatable bonds is 5. The maximum Gasteiger partial charge on any atom is 0.225 e. The molecular formula is C20H30IN5O. The van der Waals surface area contributed by atoms with Crippen molar-refractivity contribution in [2.45, 2.75) is 37.6 Å². The zero-order chi connectivity index (χ0) is 17.9. The summed E-state index contributed by atoms with van der Waals surface area (Å²) in [6, 6.07) is 8.93. The molecule has 1 aliphatic carbocycles. The largest absolute Gasteiger partial charge is 0.356 e. The normalized spacial score (nSPS) is 25.4. The van der Waals surface area contributed by atoms with E-state index in [0.717, 1.165) is 24.2 Å². The molecule has 2 unspecified atom stereocenters. The molecule has 2 atom stereocenters. The van der Waals surface area contributed by atoms with Gasteiger partial charge in [0.25, 0.3) is 0 Å². The number of carbonyl (C=O) groups excluding carboxylic acids is 1. The predicted molar refractivity (Wildman–Crippen MR) is 120 cm³/mol. The van der Waals surface area contributed by atoms with E-state index >= 15 is 0 Å². The van der Waals surface area contributed by atoms with Crippen molar-refractivity contribution in [2.24, 2.45) is 10.9 Å². The second-order valence-electron chi connectivity index (χ2n) is 7.75. The summed E-state index contributed by atoms with van der Waals surface area (Å²) in [4.78, 5) is 18.9. The molecule has 2 heterocycles. The molecule has 1 aromatic rings. The number of hydrogen-bond donors (Lipinski definition) is 3. The van der Waals surface area contributed by atoms with Crippen molar-refractivity contribution < 1.29 is 4.79 Å². The quantitative estimate of drug-likeness (QED) is 0.342. The molecule has 2 aliphatic heterocycles. The molecule has 1 amide bonds. The number of benzene rings is 1. The molecule has 3 N–H and O–H groups in total. The number of fused-ring (bicyclic) bond motifs is 1. The average molecular weight is 483 g/mol. The molecule has 1 saturated heterocycles. The third-order valence-electron chi connectivity index (χ3n) is 5.78. The molecule has 7 heteroatoms. The second kappa shape index (κ2) is 9.23. The van der Waals surface area contributed by atoms with Crippen LogP contribution in [0.1, 0.15) is 37.2 Å². The predicted octanol–water partition coefficient (Wildman–Crippen LogP) is 2.38. The number of carbonyl (C=O) groups is 1. The Morgan fingerprint density at radius 2 is 2.00 bits per heavy atom. The molecule has 3 aliphatic rings. The first-order chi connectivity index (χ1) is 12.7. The molecule has 0 aromatic heterocycles. The van der Waals surface area contributed by atoms with Gasteiger partial charge in [-0.1, -0.05) is 18.2 Å². The molecule has 1 saturated carbocycles. The number of amides is 1. The molecule has 148 valence electrons. The summed E-state index contributed by atoms with van der Waals surface area (Å²) in [5.41, 5.74) is 2.13. The van der Waals surface area contributed by atoms with Crippen LogP contribution >= 0.6 is 24.0 Å². The van der Waals surface area contributed by atoms with E-state index in [4.69, 9.17) is 0 Å². The number of aliphatic imine (C=N–C) groups is 1. The Balaban J connectivity index is 0.00000210. The minimum absolute atomic E-state index is 0. The average Bonchev–Trinajstić information content (AvgIpc) is 3.40. The van der Waals surface area contributed by atoms with Crippen molar-refractivity contribution in [3.63, 3.8) is 0 Å². The number of nitrogens with one attached hydrogen (secondary N) is 3. The molecule has 2 fully saturated rings. The van der Waals surface area contributed by atoms with Crippen LogP contribution in [0.3, 0.4) is 0 Å². The first-order valence-electron chi connectivity index (χ1n) is 9.80. The number of anilines is 1. The van der Waals surface area contributed by atoms with E-state index in [1.54, 1.807) is 0 Å². The molecular weight excluding hydrogens is 453 g/mol. The van der Waals surface area contributed by atoms with Gasteiger partial charge in [0.1, 0.15) is 0 Å². The number of hydrogen-bond acceptors (Lipinski definition) is 3. The van der Waals surface area contributed by atoms with Crippen molar-refractivity contribution in [1.82, 2.24) is 15.5 Å². The van der Waals surface area contributed by atoms with Gasteiger partial charge in [-0.05, 0) is 43.4 Å². The smallest absolute Gasteiger partial charge is 0.225 e. The van der Waals surface area contributed by atoms with Gasteiger partial charge in [0.05, 0.1) is 0 Å². The summed E-state index contributed by atoms with van der Waals surface area (Å²) in [5.74, 6) is 1.80. The second-order valence-corrected chi connectivity index (χ2v) is 7.75. The van der Waals surface area contributed by atoms with Gasteiger partial charge in [0.15, 0.2) is 5.96 Å². The lowest BCUT2D eigenvalue weighted by atomic mass is 9.90. The molecule has 4 rings (SSSR count). The van der Waals surface area contributed by atoms with Gasteiger partial charge in [-0.25, -0.2) is 0 Å². The van der Waals surface area contributed by atoms with Crippen LogP contribution in [0.5, 0.6) is 0 Å². The van der Waals surface area contributed by atoms with Crippen molar-refractivity contribution in [3.8, 4) is 0 Å². The Morgan fingerprint density at radius 1 is 1.22 bits per heavy atom. The highest BCUT2D eigenvalue weighted by Gasteiger charge is 2.34. The zero-order valence-corrected chi connectivity index (χ0v) is 18.2. The van der Waals surface area contributed by atoms with Crippen LogP contribution in [-0.2, 0) is 4.79 Å². The van der Waals surface area contributed by atoms with E-state index in [2.05, 4.69) is 31.9 Å². The number of para-hydroxylation sites is 1. The molecule has 1 aromatic carbocycles. The van der Waals surface area contributed by atoms with Crippen molar-refractivity contribution in [2.75, 3.05) is 38.5 Å². The molecule has 6 nitrogen and oxygen atoms in total. The van der Waals surface area contributed by atoms with Crippen LogP contribution < -0.4 is 16.0 Å². The standard InChI is InChI=1S/C20H29N5O.HI/c1-21-20(22-11-14-8-9-25(13-14)16-6-7-16)23-12-15-10-19(26)24-18-5-3-2-4-17(15)18;/h2-5,14-16H,6-13H2,1H3,(H,24,26)(H2,21,22,23);1H. The number of halogens is 1. The Bertz CT molecular complexity index is 691. The highest BCUT2D eigenvalue weighted by atomic mass is 127. The summed E-state index contributed by atoms with van der Waals surface area (Å²) < 4.78 is 0. The third-order valence-corrected chi connectivity index (χ3v) is 5.78. The van der Waals surface area contributed by atoms with E-state index in [0.29, 0.717) is 18.9 Å². The lowest BCUT2D eigenvalue weighted by Gasteiger charge is -2.26. The van der Waals surface area contributed by atoms with Gasteiger partial charge >= 0.3 is 0 Å². The molecule has 0 radical (unpaired) electrons. The van der Waals surface area contributed by atoms with Gasteiger partial charge in [0.2, 0.25) is 5.91 Å². The van der Waals surface area contributed by atoms with E-state index in [-0.39, 0.29) is 35.8 Å². The summed E-state index contributed by atoms with van der Waals surface area (Å²) in [6.45, 7) is 4.13. The number of likely N-dealkylation sites (tertiary alicyclic amines) is 1. The van der Waals surface area contributed by atoms with E-state index < -0.39 is 0 Å². The molecule has 27 heavy (non-hydrogen) atoms. The summed E-state index contributed by atoms with van der Waals surface area (Å²) in [6.07, 6.45) is 4.57. The Hall–Kier alpha value is -1.35. The Kier molecular flexibility index (Phi) is 6.97. The van der Waals surface area contributed by atoms with E-state index in [1.807, 2.05) is 25.2 Å². The monoisotopic (exact) mass is 483 g/mol. The van der Waals surface area contributed by atoms with Crippen LogP contribution in [0.25, 0.3) is 0 Å². The SMILES string of the molecule is CN=C(NCC1CCN(C2CC2)C1)NCC1CC(=O)Nc2ccccc21.I. The van der Waals surface area contributed by atoms with Crippen LogP contribution in [0.4, 0.5) is 5.69 Å². The van der Waals surface area contributed by atoms with Crippen LogP contribution in [-0.4, -0.2) is 56.0 Å². The van der Waals surface area contributed by atoms with Crippen molar-refractivity contribution >= 4 is 41.5 Å². The topological polar surface area (TPSA) is 68.8 Å². The van der Waals surface area contributed by atoms with Crippen LogP contribution in [0, 0.1) is 5.92 Å². The fourth-order valence-electron chi connectivity index (χ4n) is 4.17. The lowest BCUT2D eigenvalue weighted by molar-refractivity contribution is -0.116. The highest BCUT2D eigenvalue weighted by molar-refractivity contribution is 14.0. The van der Waals surface area contributed by atoms with Gasteiger partial charge in [-0.2, -0.15) is 0 Å². The minimum Gasteiger partial charge on any atom is -0.356 e. The van der Waals surface area contributed by atoms with Crippen molar-refractivity contribution in [1.29, 1.82) is 0 Å². The molecule has 0 spiro atoms. The Morgan fingerprint density at radius 3 is 2.78 bits per heavy atom. The third kappa shape index (κ3) is 5.13. The summed E-state index contributed by atoms with van der Waals surface area (Å²) in [5, 5.41) is 9.85. The van der Waals surface area contributed by atoms with Gasteiger partial charge in [-0.15, -0.1) is 24.0 Å². The highest BCUT2D eigenvalue weighted by Crippen LogP contribution is 2.32. The Labute approximate surface area is 178 Å².